The van der Waals surface area contributed by atoms with E-state index in [1.54, 1.807) is 35.9 Å². The fourth-order valence-corrected chi connectivity index (χ4v) is 3.65. The second-order valence-corrected chi connectivity index (χ2v) is 7.01. The number of fused-ring (bicyclic) bond motifs is 1. The number of carbonyl (C=O) groups is 1. The number of hydrogen-bond acceptors (Lipinski definition) is 6. The van der Waals surface area contributed by atoms with Crippen LogP contribution in [0.2, 0.25) is 0 Å². The summed E-state index contributed by atoms with van der Waals surface area (Å²) in [5.74, 6) is 0.0564. The van der Waals surface area contributed by atoms with Gasteiger partial charge in [-0.3, -0.25) is 0 Å². The van der Waals surface area contributed by atoms with Crippen LogP contribution in [-0.4, -0.2) is 29.9 Å². The Morgan fingerprint density at radius 2 is 1.77 bits per heavy atom. The first kappa shape index (κ1) is 20.2. The van der Waals surface area contributed by atoms with Crippen molar-refractivity contribution in [2.75, 3.05) is 14.2 Å². The summed E-state index contributed by atoms with van der Waals surface area (Å²) in [6.45, 7) is 0.240. The average molecular weight is 416 g/mol. The highest BCUT2D eigenvalue weighted by molar-refractivity contribution is 5.97. The molecule has 1 aromatic heterocycles. The Balaban J connectivity index is 1.83. The van der Waals surface area contributed by atoms with Crippen LogP contribution >= 0.6 is 0 Å². The largest absolute Gasteiger partial charge is 0.497 e. The molecule has 0 bridgehead atoms. The summed E-state index contributed by atoms with van der Waals surface area (Å²) in [6.07, 6.45) is 0. The number of nitrogens with zero attached hydrogens (tertiary/aromatic N) is 2. The molecule has 1 N–H and O–H groups in total. The van der Waals surface area contributed by atoms with Crippen LogP contribution in [0.3, 0.4) is 0 Å². The van der Waals surface area contributed by atoms with Crippen LogP contribution in [0.25, 0.3) is 22.0 Å². The normalized spacial score (nSPS) is 10.8. The van der Waals surface area contributed by atoms with Crippen LogP contribution in [-0.2, 0) is 11.3 Å². The molecule has 0 amide bonds. The van der Waals surface area contributed by atoms with Crippen molar-refractivity contribution >= 4 is 22.6 Å². The molecule has 0 saturated carbocycles. The Kier molecular flexibility index (Phi) is 5.41. The first-order chi connectivity index (χ1) is 15.0. The average Bonchev–Trinajstić information content (AvgIpc) is 3.08. The van der Waals surface area contributed by atoms with Crippen LogP contribution in [0, 0.1) is 4.91 Å². The van der Waals surface area contributed by atoms with Crippen LogP contribution in [0.4, 0.5) is 5.69 Å². The van der Waals surface area contributed by atoms with Gasteiger partial charge in [0.15, 0.2) is 5.69 Å². The molecular formula is C24H20N2O5. The summed E-state index contributed by atoms with van der Waals surface area (Å²) in [5.41, 5.74) is 3.63. The number of nitroso groups, excluding NO2 is 1. The third-order valence-corrected chi connectivity index (χ3v) is 5.19. The molecule has 7 heteroatoms. The van der Waals surface area contributed by atoms with E-state index in [1.165, 1.54) is 7.11 Å². The minimum atomic E-state index is -0.445. The van der Waals surface area contributed by atoms with Gasteiger partial charge >= 0.3 is 5.97 Å². The highest BCUT2D eigenvalue weighted by Crippen LogP contribution is 2.40. The molecule has 0 unspecified atom stereocenters. The molecule has 0 atom stereocenters. The van der Waals surface area contributed by atoms with E-state index in [4.69, 9.17) is 9.47 Å². The summed E-state index contributed by atoms with van der Waals surface area (Å²) in [6, 6.07) is 20.1. The number of carbonyl (C=O) groups excluding carboxylic acids is 1. The topological polar surface area (TPSA) is 90.1 Å². The van der Waals surface area contributed by atoms with Gasteiger partial charge in [0.05, 0.1) is 31.8 Å². The van der Waals surface area contributed by atoms with Crippen molar-refractivity contribution in [1.82, 2.24) is 4.57 Å². The van der Waals surface area contributed by atoms with Gasteiger partial charge in [-0.15, -0.1) is 4.91 Å². The second kappa shape index (κ2) is 8.31. The number of esters is 1. The van der Waals surface area contributed by atoms with E-state index in [1.807, 2.05) is 42.5 Å². The van der Waals surface area contributed by atoms with Gasteiger partial charge in [-0.2, -0.15) is 0 Å². The van der Waals surface area contributed by atoms with Crippen molar-refractivity contribution in [3.63, 3.8) is 0 Å². The third-order valence-electron chi connectivity index (χ3n) is 5.19. The van der Waals surface area contributed by atoms with E-state index < -0.39 is 5.97 Å². The quantitative estimate of drug-likeness (QED) is 0.342. The molecule has 0 spiro atoms. The molecule has 0 aliphatic heterocycles. The van der Waals surface area contributed by atoms with Gasteiger partial charge in [0, 0.05) is 5.39 Å². The maximum Gasteiger partial charge on any atom is 0.337 e. The number of ether oxygens (including phenoxy) is 2. The Labute approximate surface area is 178 Å². The zero-order chi connectivity index (χ0) is 22.0. The van der Waals surface area contributed by atoms with Crippen molar-refractivity contribution in [1.29, 1.82) is 0 Å². The Morgan fingerprint density at radius 3 is 2.52 bits per heavy atom. The minimum absolute atomic E-state index is 0.0173. The molecule has 0 aliphatic rings. The number of aromatic hydroxyl groups is 1. The Hall–Kier alpha value is -4.13. The highest BCUT2D eigenvalue weighted by atomic mass is 16.5. The lowest BCUT2D eigenvalue weighted by Gasteiger charge is -2.10. The molecular weight excluding hydrogens is 396 g/mol. The van der Waals surface area contributed by atoms with Gasteiger partial charge in [0.1, 0.15) is 5.75 Å². The maximum atomic E-state index is 11.9. The lowest BCUT2D eigenvalue weighted by atomic mass is 10.0. The second-order valence-electron chi connectivity index (χ2n) is 7.01. The molecule has 31 heavy (non-hydrogen) atoms. The number of hydrogen-bond donors (Lipinski definition) is 1. The first-order valence-corrected chi connectivity index (χ1v) is 9.56. The van der Waals surface area contributed by atoms with Gasteiger partial charge in [0.25, 0.3) is 0 Å². The van der Waals surface area contributed by atoms with Crippen LogP contribution in [0.15, 0.2) is 71.9 Å². The third kappa shape index (κ3) is 3.73. The molecule has 3 aromatic carbocycles. The van der Waals surface area contributed by atoms with Crippen molar-refractivity contribution in [3.8, 4) is 22.8 Å². The number of rotatable bonds is 6. The van der Waals surface area contributed by atoms with Crippen molar-refractivity contribution in [2.45, 2.75) is 6.54 Å². The van der Waals surface area contributed by atoms with E-state index in [-0.39, 0.29) is 18.1 Å². The van der Waals surface area contributed by atoms with Crippen molar-refractivity contribution in [3.05, 3.63) is 82.8 Å². The lowest BCUT2D eigenvalue weighted by Crippen LogP contribution is -2.04. The molecule has 0 fully saturated rings. The zero-order valence-corrected chi connectivity index (χ0v) is 17.0. The van der Waals surface area contributed by atoms with E-state index in [9.17, 15) is 14.8 Å². The summed E-state index contributed by atoms with van der Waals surface area (Å²) in [4.78, 5) is 23.3. The van der Waals surface area contributed by atoms with Gasteiger partial charge in [-0.1, -0.05) is 30.3 Å². The lowest BCUT2D eigenvalue weighted by molar-refractivity contribution is 0.0600. The van der Waals surface area contributed by atoms with Gasteiger partial charge in [0.2, 0.25) is 5.88 Å². The SMILES string of the molecule is COC(=O)c1cccc(Cn2c(O)c(N=O)c3ccc(-c4cccc(OC)c4)cc32)c1. The van der Waals surface area contributed by atoms with Crippen LogP contribution in [0.5, 0.6) is 11.6 Å². The fourth-order valence-electron chi connectivity index (χ4n) is 3.65. The molecule has 156 valence electrons. The molecule has 1 heterocycles. The number of methoxy groups -OCH3 is 2. The molecule has 0 radical (unpaired) electrons. The fraction of sp³-hybridized carbons (Fsp3) is 0.125. The Bertz CT molecular complexity index is 1290. The zero-order valence-electron chi connectivity index (χ0n) is 17.0. The predicted octanol–water partition coefficient (Wildman–Crippen LogP) is 5.26. The summed E-state index contributed by atoms with van der Waals surface area (Å²) in [7, 11) is 2.93. The summed E-state index contributed by atoms with van der Waals surface area (Å²) in [5, 5.41) is 14.3. The van der Waals surface area contributed by atoms with Crippen LogP contribution < -0.4 is 4.74 Å². The maximum absolute atomic E-state index is 11.9. The van der Waals surface area contributed by atoms with E-state index >= 15 is 0 Å². The standard InChI is InChI=1S/C24H20N2O5/c1-30-19-8-4-6-16(12-19)17-9-10-20-21(13-17)26(23(27)22(20)25-29)14-15-5-3-7-18(11-15)24(28)31-2/h3-13,27H,14H2,1-2H3. The molecule has 7 nitrogen and oxygen atoms in total. The van der Waals surface area contributed by atoms with E-state index in [0.717, 1.165) is 22.4 Å². The van der Waals surface area contributed by atoms with Crippen molar-refractivity contribution < 1.29 is 19.4 Å². The summed E-state index contributed by atoms with van der Waals surface area (Å²) < 4.78 is 11.7. The van der Waals surface area contributed by atoms with Crippen molar-refractivity contribution in [2.24, 2.45) is 5.18 Å². The van der Waals surface area contributed by atoms with Gasteiger partial charge in [-0.05, 0) is 58.3 Å². The molecule has 0 aliphatic carbocycles. The van der Waals surface area contributed by atoms with Crippen LogP contribution in [0.1, 0.15) is 15.9 Å². The van der Waals surface area contributed by atoms with E-state index in [0.29, 0.717) is 16.5 Å². The molecule has 4 aromatic rings. The minimum Gasteiger partial charge on any atom is -0.497 e. The molecule has 0 saturated heterocycles. The van der Waals surface area contributed by atoms with Gasteiger partial charge < -0.3 is 19.1 Å². The number of benzene rings is 3. The predicted molar refractivity (Wildman–Crippen MR) is 118 cm³/mol. The number of aromatic nitrogens is 1. The van der Waals surface area contributed by atoms with Gasteiger partial charge in [-0.25, -0.2) is 4.79 Å². The molecule has 4 rings (SSSR count). The Morgan fingerprint density at radius 1 is 1.00 bits per heavy atom. The first-order valence-electron chi connectivity index (χ1n) is 9.56. The monoisotopic (exact) mass is 416 g/mol. The van der Waals surface area contributed by atoms with E-state index in [2.05, 4.69) is 5.18 Å². The smallest absolute Gasteiger partial charge is 0.337 e. The summed E-state index contributed by atoms with van der Waals surface area (Å²) >= 11 is 0. The highest BCUT2D eigenvalue weighted by Gasteiger charge is 2.19.